The minimum atomic E-state index is 0.0314. The van der Waals surface area contributed by atoms with Crippen LogP contribution in [0.1, 0.15) is 45.1 Å². The largest absolute Gasteiger partial charge is 0.497 e. The smallest absolute Gasteiger partial charge is 0.222 e. The zero-order valence-corrected chi connectivity index (χ0v) is 16.3. The summed E-state index contributed by atoms with van der Waals surface area (Å²) in [5.74, 6) is 1.05. The quantitative estimate of drug-likeness (QED) is 0.847. The van der Waals surface area contributed by atoms with Gasteiger partial charge in [0.05, 0.1) is 18.8 Å². The summed E-state index contributed by atoms with van der Waals surface area (Å²) < 4.78 is 11.6. The molecule has 0 aliphatic carbocycles. The average Bonchev–Trinajstić information content (AvgIpc) is 3.05. The molecule has 1 aromatic carbocycles. The molecule has 0 radical (unpaired) electrons. The van der Waals surface area contributed by atoms with E-state index in [1.165, 1.54) is 5.56 Å². The maximum absolute atomic E-state index is 11.7. The minimum absolute atomic E-state index is 0.0314. The van der Waals surface area contributed by atoms with E-state index in [2.05, 4.69) is 22.3 Å². The molecule has 2 aliphatic heterocycles. The number of amides is 1. The van der Waals surface area contributed by atoms with Gasteiger partial charge in [0.1, 0.15) is 5.75 Å². The highest BCUT2D eigenvalue weighted by molar-refractivity contribution is 5.77. The fourth-order valence-corrected chi connectivity index (χ4v) is 3.93. The van der Waals surface area contributed by atoms with Crippen molar-refractivity contribution < 1.29 is 14.3 Å². The Hall–Kier alpha value is -1.59. The molecule has 0 aromatic heterocycles. The van der Waals surface area contributed by atoms with Crippen LogP contribution in [0.15, 0.2) is 24.3 Å². The van der Waals surface area contributed by atoms with Gasteiger partial charge in [-0.05, 0) is 43.4 Å². The van der Waals surface area contributed by atoms with Crippen LogP contribution in [0, 0.1) is 5.92 Å². The average molecular weight is 360 g/mol. The Morgan fingerprint density at radius 2 is 1.96 bits per heavy atom. The van der Waals surface area contributed by atoms with E-state index in [4.69, 9.17) is 9.47 Å². The second-order valence-electron chi connectivity index (χ2n) is 7.99. The van der Waals surface area contributed by atoms with Crippen LogP contribution in [-0.4, -0.2) is 49.3 Å². The lowest BCUT2D eigenvalue weighted by Gasteiger charge is -2.39. The van der Waals surface area contributed by atoms with Crippen molar-refractivity contribution in [2.75, 3.05) is 26.7 Å². The van der Waals surface area contributed by atoms with Gasteiger partial charge in [-0.3, -0.25) is 9.69 Å². The van der Waals surface area contributed by atoms with E-state index in [-0.39, 0.29) is 23.5 Å². The molecule has 1 aromatic rings. The third kappa shape index (κ3) is 4.77. The lowest BCUT2D eigenvalue weighted by atomic mass is 9.88. The van der Waals surface area contributed by atoms with Gasteiger partial charge >= 0.3 is 0 Å². The highest BCUT2D eigenvalue weighted by Crippen LogP contribution is 2.39. The normalized spacial score (nSPS) is 22.7. The summed E-state index contributed by atoms with van der Waals surface area (Å²) in [7, 11) is 1.70. The van der Waals surface area contributed by atoms with Gasteiger partial charge in [0.2, 0.25) is 5.91 Å². The fourth-order valence-electron chi connectivity index (χ4n) is 3.93. The van der Waals surface area contributed by atoms with Crippen LogP contribution in [0.5, 0.6) is 5.75 Å². The van der Waals surface area contributed by atoms with Gasteiger partial charge in [0.15, 0.2) is 0 Å². The van der Waals surface area contributed by atoms with Gasteiger partial charge in [0, 0.05) is 32.1 Å². The molecule has 1 N–H and O–H groups in total. The van der Waals surface area contributed by atoms with Gasteiger partial charge in [0.25, 0.3) is 0 Å². The molecule has 2 fully saturated rings. The number of nitrogens with zero attached hydrogens (tertiary/aromatic N) is 1. The molecule has 5 heteroatoms. The maximum atomic E-state index is 11.7. The minimum Gasteiger partial charge on any atom is -0.497 e. The molecule has 0 saturated carbocycles. The van der Waals surface area contributed by atoms with E-state index >= 15 is 0 Å². The van der Waals surface area contributed by atoms with Crippen molar-refractivity contribution in [3.63, 3.8) is 0 Å². The van der Waals surface area contributed by atoms with Gasteiger partial charge in [-0.25, -0.2) is 0 Å². The van der Waals surface area contributed by atoms with Crippen molar-refractivity contribution in [2.24, 2.45) is 5.92 Å². The van der Waals surface area contributed by atoms with E-state index in [1.54, 1.807) is 7.11 Å². The van der Waals surface area contributed by atoms with Crippen LogP contribution in [0.4, 0.5) is 0 Å². The SMILES string of the molecule is COc1ccc(CN2CCC3(CCC(CNC(=O)C(C)C)O3)CC2)cc1. The summed E-state index contributed by atoms with van der Waals surface area (Å²) >= 11 is 0. The lowest BCUT2D eigenvalue weighted by molar-refractivity contribution is -0.125. The number of rotatable bonds is 6. The maximum Gasteiger partial charge on any atom is 0.222 e. The number of carbonyl (C=O) groups is 1. The lowest BCUT2D eigenvalue weighted by Crippen LogP contribution is -2.45. The van der Waals surface area contributed by atoms with E-state index < -0.39 is 0 Å². The predicted octanol–water partition coefficient (Wildman–Crippen LogP) is 2.98. The Morgan fingerprint density at radius 3 is 2.58 bits per heavy atom. The molecular formula is C21H32N2O3. The Balaban J connectivity index is 1.43. The van der Waals surface area contributed by atoms with Crippen molar-refractivity contribution in [3.8, 4) is 5.75 Å². The summed E-state index contributed by atoms with van der Waals surface area (Å²) in [6, 6.07) is 8.33. The molecule has 5 nitrogen and oxygen atoms in total. The van der Waals surface area contributed by atoms with Crippen LogP contribution in [-0.2, 0) is 16.1 Å². The summed E-state index contributed by atoms with van der Waals surface area (Å²) in [6.45, 7) is 7.60. The van der Waals surface area contributed by atoms with Crippen molar-refractivity contribution >= 4 is 5.91 Å². The highest BCUT2D eigenvalue weighted by Gasteiger charge is 2.42. The molecule has 26 heavy (non-hydrogen) atoms. The van der Waals surface area contributed by atoms with Crippen molar-refractivity contribution in [1.29, 1.82) is 0 Å². The number of piperidine rings is 1. The molecule has 0 bridgehead atoms. The summed E-state index contributed by atoms with van der Waals surface area (Å²) in [5.41, 5.74) is 1.35. The van der Waals surface area contributed by atoms with E-state index in [1.807, 2.05) is 26.0 Å². The van der Waals surface area contributed by atoms with Crippen molar-refractivity contribution in [3.05, 3.63) is 29.8 Å². The number of ether oxygens (including phenoxy) is 2. The molecule has 1 atom stereocenters. The number of carbonyl (C=O) groups excluding carboxylic acids is 1. The molecule has 144 valence electrons. The number of methoxy groups -OCH3 is 1. The van der Waals surface area contributed by atoms with Crippen LogP contribution in [0.2, 0.25) is 0 Å². The third-order valence-corrected chi connectivity index (χ3v) is 5.70. The Bertz CT molecular complexity index is 592. The number of nitrogens with one attached hydrogen (secondary N) is 1. The zero-order chi connectivity index (χ0) is 18.6. The van der Waals surface area contributed by atoms with E-state index in [0.717, 1.165) is 51.1 Å². The zero-order valence-electron chi connectivity index (χ0n) is 16.3. The number of benzene rings is 1. The third-order valence-electron chi connectivity index (χ3n) is 5.70. The van der Waals surface area contributed by atoms with Gasteiger partial charge < -0.3 is 14.8 Å². The van der Waals surface area contributed by atoms with Gasteiger partial charge in [-0.15, -0.1) is 0 Å². The van der Waals surface area contributed by atoms with Crippen molar-refractivity contribution in [1.82, 2.24) is 10.2 Å². The molecule has 2 heterocycles. The van der Waals surface area contributed by atoms with Crippen molar-refractivity contribution in [2.45, 2.75) is 57.8 Å². The second-order valence-corrected chi connectivity index (χ2v) is 7.99. The molecule has 3 rings (SSSR count). The second kappa shape index (κ2) is 8.40. The Kier molecular flexibility index (Phi) is 6.20. The van der Waals surface area contributed by atoms with E-state index in [9.17, 15) is 4.79 Å². The highest BCUT2D eigenvalue weighted by atomic mass is 16.5. The first-order chi connectivity index (χ1) is 12.5. The molecule has 2 saturated heterocycles. The van der Waals surface area contributed by atoms with Crippen LogP contribution in [0.3, 0.4) is 0 Å². The summed E-state index contributed by atoms with van der Waals surface area (Å²) in [6.07, 6.45) is 4.50. The predicted molar refractivity (Wildman–Crippen MR) is 102 cm³/mol. The number of likely N-dealkylation sites (tertiary alicyclic amines) is 1. The monoisotopic (exact) mass is 360 g/mol. The van der Waals surface area contributed by atoms with Gasteiger partial charge in [-0.2, -0.15) is 0 Å². The molecular weight excluding hydrogens is 328 g/mol. The number of hydrogen-bond donors (Lipinski definition) is 1. The van der Waals surface area contributed by atoms with E-state index in [0.29, 0.717) is 6.54 Å². The molecule has 2 aliphatic rings. The first-order valence-electron chi connectivity index (χ1n) is 9.80. The standard InChI is InChI=1S/C21H32N2O3/c1-16(2)20(24)22-14-19-8-9-21(26-19)10-12-23(13-11-21)15-17-4-6-18(25-3)7-5-17/h4-7,16,19H,8-15H2,1-3H3,(H,22,24). The van der Waals surface area contributed by atoms with Crippen LogP contribution in [0.25, 0.3) is 0 Å². The number of hydrogen-bond acceptors (Lipinski definition) is 4. The molecule has 1 spiro atoms. The van der Waals surface area contributed by atoms with Gasteiger partial charge in [-0.1, -0.05) is 26.0 Å². The molecule has 1 unspecified atom stereocenters. The first-order valence-corrected chi connectivity index (χ1v) is 9.80. The molecule has 1 amide bonds. The van der Waals surface area contributed by atoms with Crippen LogP contribution >= 0.6 is 0 Å². The Morgan fingerprint density at radius 1 is 1.27 bits per heavy atom. The summed E-state index contributed by atoms with van der Waals surface area (Å²) in [5, 5.41) is 3.01. The first kappa shape index (κ1) is 19.2. The fraction of sp³-hybridized carbons (Fsp3) is 0.667. The topological polar surface area (TPSA) is 50.8 Å². The van der Waals surface area contributed by atoms with Crippen LogP contribution < -0.4 is 10.1 Å². The Labute approximate surface area is 157 Å². The summed E-state index contributed by atoms with van der Waals surface area (Å²) in [4.78, 5) is 14.2.